The number of unbranched alkanes of at least 4 members (excludes halogenated alkanes) is 6. The van der Waals surface area contributed by atoms with Gasteiger partial charge in [0.25, 0.3) is 0 Å². The Morgan fingerprint density at radius 1 is 0.476 bits per heavy atom. The third-order valence-electron chi connectivity index (χ3n) is 4.74. The molecule has 0 aliphatic carbocycles. The molecule has 127 valence electrons. The topological polar surface area (TPSA) is 0 Å². The average Bonchev–Trinajstić information content (AvgIpc) is 2.49. The SMILES string of the molecule is CCCCCCC([CH]C(CCCC)CCCCC)CCC. The van der Waals surface area contributed by atoms with Crippen LogP contribution in [0, 0.1) is 18.3 Å². The van der Waals surface area contributed by atoms with Crippen molar-refractivity contribution in [3.63, 3.8) is 0 Å². The molecule has 0 aliphatic rings. The molecule has 21 heavy (non-hydrogen) atoms. The summed E-state index contributed by atoms with van der Waals surface area (Å²) >= 11 is 0. The van der Waals surface area contributed by atoms with Gasteiger partial charge in [0.05, 0.1) is 0 Å². The lowest BCUT2D eigenvalue weighted by molar-refractivity contribution is 0.376. The summed E-state index contributed by atoms with van der Waals surface area (Å²) in [5, 5.41) is 0. The van der Waals surface area contributed by atoms with Crippen LogP contribution in [0.4, 0.5) is 0 Å². The maximum absolute atomic E-state index is 2.78. The first-order valence-electron chi connectivity index (χ1n) is 10.1. The summed E-state index contributed by atoms with van der Waals surface area (Å²) in [7, 11) is 0. The van der Waals surface area contributed by atoms with Crippen LogP contribution in [-0.4, -0.2) is 0 Å². The third-order valence-corrected chi connectivity index (χ3v) is 4.74. The molecule has 0 heterocycles. The van der Waals surface area contributed by atoms with E-state index in [0.717, 1.165) is 11.8 Å². The molecule has 2 unspecified atom stereocenters. The lowest BCUT2D eigenvalue weighted by Gasteiger charge is -2.23. The summed E-state index contributed by atoms with van der Waals surface area (Å²) in [5.74, 6) is 1.80. The van der Waals surface area contributed by atoms with Crippen LogP contribution in [0.25, 0.3) is 0 Å². The Morgan fingerprint density at radius 2 is 0.952 bits per heavy atom. The van der Waals surface area contributed by atoms with E-state index in [2.05, 4.69) is 34.1 Å². The second-order valence-corrected chi connectivity index (χ2v) is 6.99. The van der Waals surface area contributed by atoms with Crippen LogP contribution in [0.15, 0.2) is 0 Å². The van der Waals surface area contributed by atoms with Crippen molar-refractivity contribution in [2.24, 2.45) is 11.8 Å². The van der Waals surface area contributed by atoms with Crippen LogP contribution >= 0.6 is 0 Å². The van der Waals surface area contributed by atoms with Crippen molar-refractivity contribution in [3.8, 4) is 0 Å². The van der Waals surface area contributed by atoms with Crippen molar-refractivity contribution in [1.29, 1.82) is 0 Å². The van der Waals surface area contributed by atoms with Crippen LogP contribution in [-0.2, 0) is 0 Å². The molecule has 0 spiro atoms. The minimum atomic E-state index is 0.898. The fraction of sp³-hybridized carbons (Fsp3) is 0.952. The maximum Gasteiger partial charge on any atom is -0.0324 e. The van der Waals surface area contributed by atoms with Gasteiger partial charge in [-0.05, 0) is 18.3 Å². The zero-order valence-electron chi connectivity index (χ0n) is 15.6. The van der Waals surface area contributed by atoms with Crippen LogP contribution in [0.3, 0.4) is 0 Å². The standard InChI is InChI=1S/C21H43/c1-5-9-12-14-18-20(15-8-4)19-21(16-11-7-3)17-13-10-6-2/h19-21H,5-18H2,1-4H3. The number of hydrogen-bond acceptors (Lipinski definition) is 0. The Hall–Kier alpha value is 0. The van der Waals surface area contributed by atoms with Gasteiger partial charge >= 0.3 is 0 Å². The minimum Gasteiger partial charge on any atom is -0.0654 e. The van der Waals surface area contributed by atoms with E-state index in [0.29, 0.717) is 0 Å². The Morgan fingerprint density at radius 3 is 1.52 bits per heavy atom. The second kappa shape index (κ2) is 16.4. The van der Waals surface area contributed by atoms with E-state index in [-0.39, 0.29) is 0 Å². The molecule has 0 heteroatoms. The molecule has 0 saturated heterocycles. The first-order valence-corrected chi connectivity index (χ1v) is 10.1. The van der Waals surface area contributed by atoms with Gasteiger partial charge in [0.15, 0.2) is 0 Å². The van der Waals surface area contributed by atoms with E-state index >= 15 is 0 Å². The molecule has 0 bridgehead atoms. The molecule has 0 saturated carbocycles. The molecule has 0 fully saturated rings. The minimum absolute atomic E-state index is 0.898. The monoisotopic (exact) mass is 295 g/mol. The Labute approximate surface area is 136 Å². The van der Waals surface area contributed by atoms with Gasteiger partial charge in [-0.2, -0.15) is 0 Å². The zero-order valence-corrected chi connectivity index (χ0v) is 15.6. The van der Waals surface area contributed by atoms with Gasteiger partial charge in [-0.15, -0.1) is 0 Å². The van der Waals surface area contributed by atoms with Crippen molar-refractivity contribution >= 4 is 0 Å². The van der Waals surface area contributed by atoms with Gasteiger partial charge in [-0.3, -0.25) is 0 Å². The number of rotatable bonds is 16. The van der Waals surface area contributed by atoms with Gasteiger partial charge in [-0.1, -0.05) is 118 Å². The van der Waals surface area contributed by atoms with E-state index in [1.54, 1.807) is 0 Å². The van der Waals surface area contributed by atoms with E-state index in [9.17, 15) is 0 Å². The first kappa shape index (κ1) is 21.0. The van der Waals surface area contributed by atoms with Crippen molar-refractivity contribution in [3.05, 3.63) is 6.42 Å². The molecule has 0 rings (SSSR count). The smallest absolute Gasteiger partial charge is 0.0324 e. The van der Waals surface area contributed by atoms with Crippen LogP contribution in [0.5, 0.6) is 0 Å². The molecule has 0 aromatic rings. The zero-order chi connectivity index (χ0) is 15.8. The molecule has 1 radical (unpaired) electrons. The molecular weight excluding hydrogens is 252 g/mol. The van der Waals surface area contributed by atoms with E-state index < -0.39 is 0 Å². The lowest BCUT2D eigenvalue weighted by atomic mass is 9.82. The highest BCUT2D eigenvalue weighted by Crippen LogP contribution is 2.28. The summed E-state index contributed by atoms with van der Waals surface area (Å²) in [4.78, 5) is 0. The first-order chi connectivity index (χ1) is 10.3. The van der Waals surface area contributed by atoms with Gasteiger partial charge < -0.3 is 0 Å². The largest absolute Gasteiger partial charge is 0.0654 e. The fourth-order valence-corrected chi connectivity index (χ4v) is 3.39. The lowest BCUT2D eigenvalue weighted by Crippen LogP contribution is -2.11. The van der Waals surface area contributed by atoms with Crippen LogP contribution in [0.1, 0.15) is 118 Å². The second-order valence-electron chi connectivity index (χ2n) is 6.99. The predicted molar refractivity (Wildman–Crippen MR) is 98.6 cm³/mol. The van der Waals surface area contributed by atoms with Gasteiger partial charge in [0.1, 0.15) is 0 Å². The highest BCUT2D eigenvalue weighted by atomic mass is 14.2. The summed E-state index contributed by atoms with van der Waals surface area (Å²) < 4.78 is 0. The van der Waals surface area contributed by atoms with Gasteiger partial charge in [0, 0.05) is 0 Å². The normalized spacial score (nSPS) is 14.3. The Bertz CT molecular complexity index is 184. The Balaban J connectivity index is 4.13. The molecule has 0 nitrogen and oxygen atoms in total. The summed E-state index contributed by atoms with van der Waals surface area (Å²) in [5.41, 5.74) is 0. The summed E-state index contributed by atoms with van der Waals surface area (Å²) in [6.45, 7) is 9.31. The van der Waals surface area contributed by atoms with E-state index in [4.69, 9.17) is 0 Å². The van der Waals surface area contributed by atoms with Crippen LogP contribution in [0.2, 0.25) is 0 Å². The quantitative estimate of drug-likeness (QED) is 0.253. The van der Waals surface area contributed by atoms with Gasteiger partial charge in [-0.25, -0.2) is 0 Å². The van der Waals surface area contributed by atoms with Gasteiger partial charge in [0.2, 0.25) is 0 Å². The molecule has 0 N–H and O–H groups in total. The van der Waals surface area contributed by atoms with E-state index in [1.807, 2.05) is 0 Å². The molecule has 2 atom stereocenters. The highest BCUT2D eigenvalue weighted by Gasteiger charge is 2.16. The van der Waals surface area contributed by atoms with E-state index in [1.165, 1.54) is 89.9 Å². The molecule has 0 amide bonds. The maximum atomic E-state index is 2.78. The highest BCUT2D eigenvalue weighted by molar-refractivity contribution is 4.84. The summed E-state index contributed by atoms with van der Waals surface area (Å²) in [6.07, 6.45) is 22.6. The number of hydrogen-bond donors (Lipinski definition) is 0. The molecule has 0 aliphatic heterocycles. The van der Waals surface area contributed by atoms with Crippen molar-refractivity contribution < 1.29 is 0 Å². The van der Waals surface area contributed by atoms with Crippen LogP contribution < -0.4 is 0 Å². The van der Waals surface area contributed by atoms with Crippen molar-refractivity contribution in [2.75, 3.05) is 0 Å². The third kappa shape index (κ3) is 13.4. The molecular formula is C21H43. The average molecular weight is 296 g/mol. The Kier molecular flexibility index (Phi) is 16.4. The fourth-order valence-electron chi connectivity index (χ4n) is 3.39. The van der Waals surface area contributed by atoms with Crippen molar-refractivity contribution in [1.82, 2.24) is 0 Å². The summed E-state index contributed by atoms with van der Waals surface area (Å²) in [6, 6.07) is 0. The molecule has 0 aromatic heterocycles. The predicted octanol–water partition coefficient (Wildman–Crippen LogP) is 7.96. The van der Waals surface area contributed by atoms with Crippen molar-refractivity contribution in [2.45, 2.75) is 118 Å². The molecule has 0 aromatic carbocycles.